The van der Waals surface area contributed by atoms with Gasteiger partial charge in [0.25, 0.3) is 0 Å². The van der Waals surface area contributed by atoms with Gasteiger partial charge in [-0.05, 0) is 68.1 Å². The average molecular weight is 461 g/mol. The first-order valence-corrected chi connectivity index (χ1v) is 11.9. The van der Waals surface area contributed by atoms with Gasteiger partial charge in [0.15, 0.2) is 0 Å². The summed E-state index contributed by atoms with van der Waals surface area (Å²) >= 11 is 0. The topological polar surface area (TPSA) is 84.0 Å². The van der Waals surface area contributed by atoms with Crippen molar-refractivity contribution in [2.75, 3.05) is 16.3 Å². The first-order valence-electron chi connectivity index (χ1n) is 11.9. The molecule has 0 aromatic heterocycles. The Morgan fingerprint density at radius 1 is 0.941 bits per heavy atom. The fraction of sp³-hybridized carbons (Fsp3) is 0.407. The van der Waals surface area contributed by atoms with E-state index in [1.165, 1.54) is 4.90 Å². The number of anilines is 2. The highest BCUT2D eigenvalue weighted by Crippen LogP contribution is 2.41. The average Bonchev–Trinajstić information content (AvgIpc) is 3.32. The first-order chi connectivity index (χ1) is 16.3. The molecule has 2 saturated heterocycles. The molecule has 3 aliphatic rings. The second kappa shape index (κ2) is 8.70. The number of ether oxygens (including phenoxy) is 1. The molecule has 7 heteroatoms. The molecule has 1 saturated carbocycles. The summed E-state index contributed by atoms with van der Waals surface area (Å²) < 4.78 is 5.60. The molecule has 3 fully saturated rings. The van der Waals surface area contributed by atoms with Crippen molar-refractivity contribution in [2.24, 2.45) is 17.8 Å². The summed E-state index contributed by atoms with van der Waals surface area (Å²) in [6.07, 6.45) is 3.59. The van der Waals surface area contributed by atoms with E-state index in [0.29, 0.717) is 17.0 Å². The molecule has 0 unspecified atom stereocenters. The van der Waals surface area contributed by atoms with Gasteiger partial charge >= 0.3 is 5.97 Å². The van der Waals surface area contributed by atoms with Crippen LogP contribution in [-0.4, -0.2) is 30.2 Å². The third kappa shape index (κ3) is 3.89. The van der Waals surface area contributed by atoms with Crippen molar-refractivity contribution >= 4 is 35.1 Å². The summed E-state index contributed by atoms with van der Waals surface area (Å²) in [5.74, 6) is -1.46. The normalized spacial score (nSPS) is 24.5. The van der Waals surface area contributed by atoms with Crippen molar-refractivity contribution in [3.8, 4) is 5.75 Å². The van der Waals surface area contributed by atoms with E-state index in [9.17, 15) is 19.2 Å². The maximum Gasteiger partial charge on any atom is 0.316 e. The lowest BCUT2D eigenvalue weighted by molar-refractivity contribution is -0.139. The SMILES string of the molecule is Cc1cccc(N2C[C@H](C(=O)Oc3ccc(N4C(=O)[C@H]5CCCC[C@@H]5C4=O)c(C)c3)CC2=O)c1. The van der Waals surface area contributed by atoms with Crippen LogP contribution in [0, 0.1) is 31.6 Å². The molecular weight excluding hydrogens is 432 g/mol. The van der Waals surface area contributed by atoms with Crippen LogP contribution < -0.4 is 14.5 Å². The highest BCUT2D eigenvalue weighted by Gasteiger charge is 2.49. The van der Waals surface area contributed by atoms with Crippen molar-refractivity contribution in [1.82, 2.24) is 0 Å². The molecule has 3 atom stereocenters. The van der Waals surface area contributed by atoms with E-state index < -0.39 is 11.9 Å². The standard InChI is InChI=1S/C27H28N2O5/c1-16-6-5-7-19(12-16)28-15-18(14-24(28)30)27(33)34-20-10-11-23(17(2)13-20)29-25(31)21-8-3-4-9-22(21)26(29)32/h5-7,10-13,18,21-22H,3-4,8-9,14-15H2,1-2H3/t18-,21+,22+/m1/s1. The van der Waals surface area contributed by atoms with E-state index in [0.717, 1.165) is 36.9 Å². The molecule has 2 heterocycles. The Hall–Kier alpha value is -3.48. The molecule has 2 aromatic rings. The lowest BCUT2D eigenvalue weighted by Crippen LogP contribution is -2.31. The van der Waals surface area contributed by atoms with Gasteiger partial charge in [-0.3, -0.25) is 19.2 Å². The molecule has 0 N–H and O–H groups in total. The number of carbonyl (C=O) groups is 4. The molecular formula is C27H28N2O5. The Labute approximate surface area is 198 Å². The molecule has 176 valence electrons. The summed E-state index contributed by atoms with van der Waals surface area (Å²) in [5, 5.41) is 0. The van der Waals surface area contributed by atoms with Crippen LogP contribution in [0.25, 0.3) is 0 Å². The summed E-state index contributed by atoms with van der Waals surface area (Å²) in [4.78, 5) is 54.1. The van der Waals surface area contributed by atoms with Crippen LogP contribution in [0.1, 0.15) is 43.2 Å². The monoisotopic (exact) mass is 460 g/mol. The number of nitrogens with zero attached hydrogens (tertiary/aromatic N) is 2. The Kier molecular flexibility index (Phi) is 5.71. The zero-order valence-corrected chi connectivity index (χ0v) is 19.5. The number of rotatable bonds is 4. The predicted octanol–water partition coefficient (Wildman–Crippen LogP) is 3.94. The lowest BCUT2D eigenvalue weighted by Gasteiger charge is -2.19. The lowest BCUT2D eigenvalue weighted by atomic mass is 9.81. The summed E-state index contributed by atoms with van der Waals surface area (Å²) in [6.45, 7) is 4.03. The van der Waals surface area contributed by atoms with Crippen molar-refractivity contribution < 1.29 is 23.9 Å². The maximum absolute atomic E-state index is 12.9. The van der Waals surface area contributed by atoms with Crippen molar-refractivity contribution in [1.29, 1.82) is 0 Å². The molecule has 1 aliphatic carbocycles. The van der Waals surface area contributed by atoms with Gasteiger partial charge in [-0.15, -0.1) is 0 Å². The van der Waals surface area contributed by atoms with Gasteiger partial charge in [0.05, 0.1) is 23.4 Å². The molecule has 3 amide bonds. The maximum atomic E-state index is 12.9. The Morgan fingerprint density at radius 2 is 1.65 bits per heavy atom. The van der Waals surface area contributed by atoms with Crippen LogP contribution >= 0.6 is 0 Å². The third-order valence-electron chi connectivity index (χ3n) is 7.24. The molecule has 5 rings (SSSR count). The van der Waals surface area contributed by atoms with E-state index in [1.807, 2.05) is 31.2 Å². The van der Waals surface area contributed by atoms with Crippen LogP contribution in [-0.2, 0) is 19.2 Å². The predicted molar refractivity (Wildman–Crippen MR) is 126 cm³/mol. The largest absolute Gasteiger partial charge is 0.426 e. The van der Waals surface area contributed by atoms with Gasteiger partial charge < -0.3 is 9.64 Å². The highest BCUT2D eigenvalue weighted by molar-refractivity contribution is 6.22. The van der Waals surface area contributed by atoms with E-state index in [2.05, 4.69) is 0 Å². The van der Waals surface area contributed by atoms with Crippen molar-refractivity contribution in [2.45, 2.75) is 46.0 Å². The van der Waals surface area contributed by atoms with Gasteiger partial charge in [0.1, 0.15) is 5.75 Å². The molecule has 0 radical (unpaired) electrons. The van der Waals surface area contributed by atoms with E-state index in [4.69, 9.17) is 4.74 Å². The smallest absolute Gasteiger partial charge is 0.316 e. The molecule has 34 heavy (non-hydrogen) atoms. The number of fused-ring (bicyclic) bond motifs is 1. The van der Waals surface area contributed by atoms with Gasteiger partial charge in [-0.1, -0.05) is 25.0 Å². The number of carbonyl (C=O) groups excluding carboxylic acids is 4. The third-order valence-corrected chi connectivity index (χ3v) is 7.24. The van der Waals surface area contributed by atoms with Crippen LogP contribution in [0.2, 0.25) is 0 Å². The van der Waals surface area contributed by atoms with E-state index in [-0.39, 0.29) is 42.5 Å². The first kappa shape index (κ1) is 22.3. The summed E-state index contributed by atoms with van der Waals surface area (Å²) in [5.41, 5.74) is 3.06. The van der Waals surface area contributed by atoms with Gasteiger partial charge in [-0.2, -0.15) is 0 Å². The number of imide groups is 1. The Balaban J connectivity index is 1.28. The van der Waals surface area contributed by atoms with Gasteiger partial charge in [-0.25, -0.2) is 4.90 Å². The fourth-order valence-electron chi connectivity index (χ4n) is 5.45. The quantitative estimate of drug-likeness (QED) is 0.392. The Morgan fingerprint density at radius 3 is 2.29 bits per heavy atom. The number of hydrogen-bond acceptors (Lipinski definition) is 5. The molecule has 2 aliphatic heterocycles. The zero-order chi connectivity index (χ0) is 24.0. The molecule has 2 aromatic carbocycles. The van der Waals surface area contributed by atoms with Crippen LogP contribution in [0.3, 0.4) is 0 Å². The molecule has 0 bridgehead atoms. The van der Waals surface area contributed by atoms with Crippen LogP contribution in [0.4, 0.5) is 11.4 Å². The second-order valence-corrected chi connectivity index (χ2v) is 9.62. The van der Waals surface area contributed by atoms with E-state index in [1.54, 1.807) is 30.0 Å². The summed E-state index contributed by atoms with van der Waals surface area (Å²) in [7, 11) is 0. The number of amides is 3. The molecule has 0 spiro atoms. The highest BCUT2D eigenvalue weighted by atomic mass is 16.5. The van der Waals surface area contributed by atoms with Crippen LogP contribution in [0.15, 0.2) is 42.5 Å². The summed E-state index contributed by atoms with van der Waals surface area (Å²) in [6, 6.07) is 12.6. The number of benzene rings is 2. The Bertz CT molecular complexity index is 1170. The number of esters is 1. The van der Waals surface area contributed by atoms with Gasteiger partial charge in [0.2, 0.25) is 17.7 Å². The van der Waals surface area contributed by atoms with Crippen molar-refractivity contribution in [3.05, 3.63) is 53.6 Å². The van der Waals surface area contributed by atoms with Crippen molar-refractivity contribution in [3.63, 3.8) is 0 Å². The minimum Gasteiger partial charge on any atom is -0.426 e. The minimum absolute atomic E-state index is 0.101. The zero-order valence-electron chi connectivity index (χ0n) is 19.5. The van der Waals surface area contributed by atoms with E-state index >= 15 is 0 Å². The van der Waals surface area contributed by atoms with Gasteiger partial charge in [0, 0.05) is 18.7 Å². The number of aryl methyl sites for hydroxylation is 2. The minimum atomic E-state index is -0.558. The fourth-order valence-corrected chi connectivity index (χ4v) is 5.45. The van der Waals surface area contributed by atoms with Crippen LogP contribution in [0.5, 0.6) is 5.75 Å². The second-order valence-electron chi connectivity index (χ2n) is 9.62. The number of hydrogen-bond donors (Lipinski definition) is 0. The molecule has 7 nitrogen and oxygen atoms in total.